The Morgan fingerprint density at radius 1 is 1.32 bits per heavy atom. The predicted molar refractivity (Wildman–Crippen MR) is 92.8 cm³/mol. The van der Waals surface area contributed by atoms with Gasteiger partial charge in [0.2, 0.25) is 5.91 Å². The van der Waals surface area contributed by atoms with E-state index in [1.807, 2.05) is 45.3 Å². The van der Waals surface area contributed by atoms with Gasteiger partial charge in [0.15, 0.2) is 11.5 Å². The van der Waals surface area contributed by atoms with Crippen LogP contribution in [0.25, 0.3) is 0 Å². The smallest absolute Gasteiger partial charge is 0.224 e. The molecule has 2 aromatic rings. The number of benzene rings is 1. The summed E-state index contributed by atoms with van der Waals surface area (Å²) in [6.45, 7) is 5.13. The number of aromatic nitrogens is 2. The van der Waals surface area contributed by atoms with Crippen LogP contribution in [0.15, 0.2) is 24.4 Å². The van der Waals surface area contributed by atoms with Crippen LogP contribution in [0.5, 0.6) is 11.5 Å². The van der Waals surface area contributed by atoms with Crippen LogP contribution in [-0.2, 0) is 11.8 Å². The number of nitrogens with zero attached hydrogens (tertiary/aromatic N) is 2. The predicted octanol–water partition coefficient (Wildman–Crippen LogP) is 2.48. The molecule has 4 rings (SSSR count). The summed E-state index contributed by atoms with van der Waals surface area (Å²) in [6.07, 6.45) is 2.84. The van der Waals surface area contributed by atoms with Crippen molar-refractivity contribution in [3.8, 4) is 11.5 Å². The fourth-order valence-electron chi connectivity index (χ4n) is 3.58. The van der Waals surface area contributed by atoms with Gasteiger partial charge in [-0.1, -0.05) is 6.07 Å². The molecule has 1 aliphatic heterocycles. The van der Waals surface area contributed by atoms with Gasteiger partial charge in [-0.25, -0.2) is 0 Å². The summed E-state index contributed by atoms with van der Waals surface area (Å²) in [5.74, 6) is 1.97. The van der Waals surface area contributed by atoms with Gasteiger partial charge in [-0.2, -0.15) is 5.10 Å². The maximum atomic E-state index is 12.6. The molecule has 6 nitrogen and oxygen atoms in total. The van der Waals surface area contributed by atoms with Crippen molar-refractivity contribution < 1.29 is 14.3 Å². The van der Waals surface area contributed by atoms with Gasteiger partial charge in [0, 0.05) is 24.7 Å². The Labute approximate surface area is 147 Å². The van der Waals surface area contributed by atoms with E-state index in [4.69, 9.17) is 9.47 Å². The number of ether oxygens (including phenoxy) is 2. The van der Waals surface area contributed by atoms with E-state index in [-0.39, 0.29) is 23.8 Å². The number of carbonyl (C=O) groups is 1. The molecule has 6 heteroatoms. The largest absolute Gasteiger partial charge is 0.486 e. The normalized spacial score (nSPS) is 22.4. The summed E-state index contributed by atoms with van der Waals surface area (Å²) in [6, 6.07) is 5.96. The van der Waals surface area contributed by atoms with Gasteiger partial charge in [-0.15, -0.1) is 0 Å². The molecule has 132 valence electrons. The van der Waals surface area contributed by atoms with Crippen LogP contribution < -0.4 is 14.8 Å². The van der Waals surface area contributed by atoms with Gasteiger partial charge in [0.25, 0.3) is 0 Å². The summed E-state index contributed by atoms with van der Waals surface area (Å²) in [4.78, 5) is 12.6. The Balaban J connectivity index is 1.41. The van der Waals surface area contributed by atoms with E-state index in [1.165, 1.54) is 0 Å². The van der Waals surface area contributed by atoms with Crippen LogP contribution in [0, 0.1) is 12.8 Å². The van der Waals surface area contributed by atoms with Crippen molar-refractivity contribution in [3.63, 3.8) is 0 Å². The van der Waals surface area contributed by atoms with Gasteiger partial charge in [0.1, 0.15) is 13.2 Å². The molecule has 0 unspecified atom stereocenters. The number of fused-ring (bicyclic) bond motifs is 1. The van der Waals surface area contributed by atoms with Crippen molar-refractivity contribution in [2.24, 2.45) is 13.0 Å². The second-order valence-electron chi connectivity index (χ2n) is 6.93. The molecule has 1 amide bonds. The number of hydrogen-bond donors (Lipinski definition) is 1. The molecule has 1 fully saturated rings. The second kappa shape index (κ2) is 6.10. The summed E-state index contributed by atoms with van der Waals surface area (Å²) in [5.41, 5.74) is 3.16. The maximum Gasteiger partial charge on any atom is 0.224 e. The van der Waals surface area contributed by atoms with Gasteiger partial charge in [-0.3, -0.25) is 9.48 Å². The lowest BCUT2D eigenvalue weighted by molar-refractivity contribution is -0.123. The zero-order chi connectivity index (χ0) is 17.6. The zero-order valence-electron chi connectivity index (χ0n) is 14.8. The molecule has 0 radical (unpaired) electrons. The molecule has 1 N–H and O–H groups in total. The minimum atomic E-state index is -0.0392. The molecule has 3 atom stereocenters. The lowest BCUT2D eigenvalue weighted by Crippen LogP contribution is -2.28. The Morgan fingerprint density at radius 3 is 2.80 bits per heavy atom. The highest BCUT2D eigenvalue weighted by atomic mass is 16.6. The topological polar surface area (TPSA) is 65.4 Å². The van der Waals surface area contributed by atoms with Crippen LogP contribution in [0.1, 0.15) is 42.1 Å². The monoisotopic (exact) mass is 341 g/mol. The van der Waals surface area contributed by atoms with Gasteiger partial charge >= 0.3 is 0 Å². The first-order valence-corrected chi connectivity index (χ1v) is 8.73. The van der Waals surface area contributed by atoms with Crippen molar-refractivity contribution in [1.29, 1.82) is 0 Å². The van der Waals surface area contributed by atoms with Crippen molar-refractivity contribution >= 4 is 5.91 Å². The van der Waals surface area contributed by atoms with Gasteiger partial charge in [0.05, 0.1) is 11.7 Å². The summed E-state index contributed by atoms with van der Waals surface area (Å²) >= 11 is 0. The number of nitrogens with one attached hydrogen (secondary N) is 1. The second-order valence-corrected chi connectivity index (χ2v) is 6.93. The molecule has 1 saturated carbocycles. The minimum Gasteiger partial charge on any atom is -0.486 e. The third-order valence-electron chi connectivity index (χ3n) is 5.00. The summed E-state index contributed by atoms with van der Waals surface area (Å²) < 4.78 is 13.0. The van der Waals surface area contributed by atoms with Crippen LogP contribution in [-0.4, -0.2) is 28.9 Å². The number of hydrogen-bond acceptors (Lipinski definition) is 4. The molecule has 25 heavy (non-hydrogen) atoms. The Hall–Kier alpha value is -2.50. The number of amides is 1. The fourth-order valence-corrected chi connectivity index (χ4v) is 3.58. The fraction of sp³-hybridized carbons (Fsp3) is 0.474. The first kappa shape index (κ1) is 16.0. The number of aryl methyl sites for hydroxylation is 2. The maximum absolute atomic E-state index is 12.6. The first-order chi connectivity index (χ1) is 12.0. The molecule has 1 aromatic heterocycles. The van der Waals surface area contributed by atoms with Crippen LogP contribution >= 0.6 is 0 Å². The lowest BCUT2D eigenvalue weighted by atomic mass is 10.1. The molecule has 0 bridgehead atoms. The van der Waals surface area contributed by atoms with Gasteiger partial charge in [-0.05, 0) is 43.9 Å². The first-order valence-electron chi connectivity index (χ1n) is 8.73. The van der Waals surface area contributed by atoms with E-state index in [9.17, 15) is 4.79 Å². The minimum absolute atomic E-state index is 0.0296. The summed E-state index contributed by atoms with van der Waals surface area (Å²) in [5, 5.41) is 7.47. The Morgan fingerprint density at radius 2 is 2.08 bits per heavy atom. The van der Waals surface area contributed by atoms with Gasteiger partial charge < -0.3 is 14.8 Å². The zero-order valence-corrected chi connectivity index (χ0v) is 14.8. The molecule has 1 aromatic carbocycles. The average molecular weight is 341 g/mol. The van der Waals surface area contributed by atoms with Crippen LogP contribution in [0.4, 0.5) is 0 Å². The molecule has 1 aliphatic carbocycles. The van der Waals surface area contributed by atoms with E-state index in [0.29, 0.717) is 13.2 Å². The van der Waals surface area contributed by atoms with E-state index in [2.05, 4.69) is 10.4 Å². The highest BCUT2D eigenvalue weighted by Crippen LogP contribution is 2.49. The molecule has 2 aliphatic rings. The number of carbonyl (C=O) groups excluding carboxylic acids is 1. The highest BCUT2D eigenvalue weighted by molar-refractivity contribution is 5.83. The molecule has 2 heterocycles. The van der Waals surface area contributed by atoms with Crippen molar-refractivity contribution in [1.82, 2.24) is 15.1 Å². The molecule has 0 spiro atoms. The highest BCUT2D eigenvalue weighted by Gasteiger charge is 2.44. The van der Waals surface area contributed by atoms with E-state index < -0.39 is 0 Å². The van der Waals surface area contributed by atoms with E-state index in [0.717, 1.165) is 34.7 Å². The van der Waals surface area contributed by atoms with E-state index >= 15 is 0 Å². The molecular weight excluding hydrogens is 318 g/mol. The Kier molecular flexibility index (Phi) is 3.90. The SMILES string of the molecule is Cc1nn(C)cc1[C@H](C)NC(=O)[C@@H]1C[C@@H]1c1ccc2c(c1)OCCO2. The van der Waals surface area contributed by atoms with Crippen molar-refractivity contribution in [3.05, 3.63) is 41.2 Å². The van der Waals surface area contributed by atoms with E-state index in [1.54, 1.807) is 4.68 Å². The Bertz CT molecular complexity index is 814. The average Bonchev–Trinajstić information content (AvgIpc) is 3.33. The lowest BCUT2D eigenvalue weighted by Gasteiger charge is -2.19. The third-order valence-corrected chi connectivity index (χ3v) is 5.00. The molecular formula is C19H23N3O3. The standard InChI is InChI=1S/C19H23N3O3/c1-11(16-10-22(3)21-12(16)2)20-19(23)15-9-14(15)13-4-5-17-18(8-13)25-7-6-24-17/h4-5,8,10-11,14-15H,6-7,9H2,1-3H3,(H,20,23)/t11-,14+,15+/m0/s1. The third kappa shape index (κ3) is 3.08. The summed E-state index contributed by atoms with van der Waals surface area (Å²) in [7, 11) is 1.89. The molecule has 0 saturated heterocycles. The van der Waals surface area contributed by atoms with Crippen molar-refractivity contribution in [2.45, 2.75) is 32.2 Å². The quantitative estimate of drug-likeness (QED) is 0.928. The van der Waals surface area contributed by atoms with Crippen molar-refractivity contribution in [2.75, 3.05) is 13.2 Å². The van der Waals surface area contributed by atoms with Crippen LogP contribution in [0.3, 0.4) is 0 Å². The van der Waals surface area contributed by atoms with Crippen LogP contribution in [0.2, 0.25) is 0 Å². The number of rotatable bonds is 4.